The highest BCUT2D eigenvalue weighted by atomic mass is 16.5. The van der Waals surface area contributed by atoms with E-state index in [-0.39, 0.29) is 23.9 Å². The van der Waals surface area contributed by atoms with Crippen LogP contribution in [-0.4, -0.2) is 42.1 Å². The number of benzene rings is 2. The second-order valence-corrected chi connectivity index (χ2v) is 6.25. The fraction of sp³-hybridized carbons (Fsp3) is 0.250. The first-order valence-electron chi connectivity index (χ1n) is 8.61. The highest BCUT2D eigenvalue weighted by Gasteiger charge is 2.32. The Labute approximate surface area is 156 Å². The number of nitrogens with zero attached hydrogens (tertiary/aromatic N) is 1. The summed E-state index contributed by atoms with van der Waals surface area (Å²) in [7, 11) is 0. The molecule has 0 saturated heterocycles. The lowest BCUT2D eigenvalue weighted by Gasteiger charge is -2.32. The first-order chi connectivity index (χ1) is 13.0. The maximum Gasteiger partial charge on any atom is 0.335 e. The first-order valence-corrected chi connectivity index (χ1v) is 8.61. The van der Waals surface area contributed by atoms with Crippen LogP contribution < -0.4 is 15.0 Å². The zero-order valence-electron chi connectivity index (χ0n) is 14.8. The molecular weight excluding hydrogens is 348 g/mol. The van der Waals surface area contributed by atoms with Gasteiger partial charge in [0.2, 0.25) is 5.91 Å². The predicted octanol–water partition coefficient (Wildman–Crippen LogP) is 1.86. The highest BCUT2D eigenvalue weighted by molar-refractivity contribution is 6.03. The minimum atomic E-state index is -0.973. The Hall–Kier alpha value is -3.35. The summed E-state index contributed by atoms with van der Waals surface area (Å²) in [5.41, 5.74) is 1.73. The summed E-state index contributed by atoms with van der Waals surface area (Å²) in [6.07, 6.45) is -0.0733. The summed E-state index contributed by atoms with van der Waals surface area (Å²) < 4.78 is 5.56. The number of hydrogen-bond acceptors (Lipinski definition) is 4. The lowest BCUT2D eigenvalue weighted by molar-refractivity contribution is -0.128. The van der Waals surface area contributed by atoms with Gasteiger partial charge in [-0.2, -0.15) is 0 Å². The number of amides is 2. The van der Waals surface area contributed by atoms with Gasteiger partial charge < -0.3 is 15.2 Å². The lowest BCUT2D eigenvalue weighted by atomic mass is 10.1. The number of carboxylic acid groups (broad SMARTS) is 1. The summed E-state index contributed by atoms with van der Waals surface area (Å²) in [4.78, 5) is 36.9. The van der Waals surface area contributed by atoms with Gasteiger partial charge in [0.05, 0.1) is 11.3 Å². The standard InChI is InChI=1S/C20H20N2O5/c1-13-19(24)22(16-4-2-3-5-17(16)27-13)12-18(23)21-11-10-14-6-8-15(9-7-14)20(25)26/h2-9,13H,10-12H2,1H3,(H,21,23)(H,25,26)/t13-/m1/s1. The number of aromatic carboxylic acids is 1. The molecule has 2 amide bonds. The Kier molecular flexibility index (Phi) is 5.40. The van der Waals surface area contributed by atoms with Crippen LogP contribution >= 0.6 is 0 Å². The number of nitrogens with one attached hydrogen (secondary N) is 1. The average Bonchev–Trinajstić information content (AvgIpc) is 2.66. The van der Waals surface area contributed by atoms with Crippen molar-refractivity contribution in [1.29, 1.82) is 0 Å². The molecule has 1 heterocycles. The number of para-hydroxylation sites is 2. The average molecular weight is 368 g/mol. The summed E-state index contributed by atoms with van der Waals surface area (Å²) >= 11 is 0. The number of anilines is 1. The molecule has 0 aliphatic carbocycles. The second kappa shape index (κ2) is 7.90. The van der Waals surface area contributed by atoms with E-state index in [9.17, 15) is 14.4 Å². The predicted molar refractivity (Wildman–Crippen MR) is 99.0 cm³/mol. The first kappa shape index (κ1) is 18.4. The van der Waals surface area contributed by atoms with E-state index in [2.05, 4.69) is 5.32 Å². The van der Waals surface area contributed by atoms with E-state index in [1.165, 1.54) is 17.0 Å². The molecule has 2 N–H and O–H groups in total. The molecule has 2 aromatic rings. The molecule has 0 saturated carbocycles. The van der Waals surface area contributed by atoms with Gasteiger partial charge in [-0.05, 0) is 43.2 Å². The number of rotatable bonds is 6. The van der Waals surface area contributed by atoms with Crippen LogP contribution in [0.2, 0.25) is 0 Å². The molecule has 7 nitrogen and oxygen atoms in total. The summed E-state index contributed by atoms with van der Waals surface area (Å²) in [5, 5.41) is 11.7. The summed E-state index contributed by atoms with van der Waals surface area (Å²) in [6.45, 7) is 1.96. The molecular formula is C20H20N2O5. The van der Waals surface area contributed by atoms with Gasteiger partial charge in [-0.1, -0.05) is 24.3 Å². The molecule has 0 radical (unpaired) electrons. The molecule has 27 heavy (non-hydrogen) atoms. The largest absolute Gasteiger partial charge is 0.479 e. The fourth-order valence-electron chi connectivity index (χ4n) is 2.88. The molecule has 1 aliphatic rings. The number of carboxylic acids is 1. The monoisotopic (exact) mass is 368 g/mol. The molecule has 0 fully saturated rings. The minimum Gasteiger partial charge on any atom is -0.479 e. The van der Waals surface area contributed by atoms with Gasteiger partial charge in [-0.15, -0.1) is 0 Å². The number of carbonyl (C=O) groups excluding carboxylic acids is 2. The van der Waals surface area contributed by atoms with Gasteiger partial charge in [0.25, 0.3) is 5.91 Å². The van der Waals surface area contributed by atoms with Crippen molar-refractivity contribution in [2.45, 2.75) is 19.4 Å². The van der Waals surface area contributed by atoms with Crippen molar-refractivity contribution in [2.24, 2.45) is 0 Å². The third-order valence-electron chi connectivity index (χ3n) is 4.31. The molecule has 140 valence electrons. The Balaban J connectivity index is 1.56. The van der Waals surface area contributed by atoms with Crippen molar-refractivity contribution < 1.29 is 24.2 Å². The number of ether oxygens (including phenoxy) is 1. The van der Waals surface area contributed by atoms with Crippen molar-refractivity contribution in [2.75, 3.05) is 18.0 Å². The number of hydrogen-bond donors (Lipinski definition) is 2. The van der Waals surface area contributed by atoms with Gasteiger partial charge in [0.1, 0.15) is 12.3 Å². The van der Waals surface area contributed by atoms with Gasteiger partial charge in [0, 0.05) is 6.54 Å². The van der Waals surface area contributed by atoms with Crippen molar-refractivity contribution in [3.8, 4) is 5.75 Å². The molecule has 0 unspecified atom stereocenters. The SMILES string of the molecule is C[C@H]1Oc2ccccc2N(CC(=O)NCCc2ccc(C(=O)O)cc2)C1=O. The third kappa shape index (κ3) is 4.25. The van der Waals surface area contributed by atoms with Crippen LogP contribution in [-0.2, 0) is 16.0 Å². The smallest absolute Gasteiger partial charge is 0.335 e. The van der Waals surface area contributed by atoms with Crippen LogP contribution in [0.15, 0.2) is 48.5 Å². The van der Waals surface area contributed by atoms with Crippen LogP contribution in [0, 0.1) is 0 Å². The Bertz CT molecular complexity index is 863. The maximum atomic E-state index is 12.4. The topological polar surface area (TPSA) is 95.9 Å². The maximum absolute atomic E-state index is 12.4. The van der Waals surface area contributed by atoms with Gasteiger partial charge in [0.15, 0.2) is 6.10 Å². The Morgan fingerprint density at radius 1 is 1.15 bits per heavy atom. The van der Waals surface area contributed by atoms with Crippen LogP contribution in [0.5, 0.6) is 5.75 Å². The zero-order chi connectivity index (χ0) is 19.4. The normalized spacial score (nSPS) is 15.7. The van der Waals surface area contributed by atoms with Gasteiger partial charge in [-0.25, -0.2) is 4.79 Å². The lowest BCUT2D eigenvalue weighted by Crippen LogP contribution is -2.49. The Morgan fingerprint density at radius 3 is 2.56 bits per heavy atom. The van der Waals surface area contributed by atoms with E-state index in [1.807, 2.05) is 6.07 Å². The van der Waals surface area contributed by atoms with E-state index in [1.54, 1.807) is 37.3 Å². The van der Waals surface area contributed by atoms with Crippen LogP contribution in [0.4, 0.5) is 5.69 Å². The molecule has 3 rings (SSSR count). The van der Waals surface area contributed by atoms with Crippen molar-refractivity contribution >= 4 is 23.5 Å². The molecule has 0 spiro atoms. The molecule has 1 atom stereocenters. The third-order valence-corrected chi connectivity index (χ3v) is 4.31. The van der Waals surface area contributed by atoms with E-state index >= 15 is 0 Å². The highest BCUT2D eigenvalue weighted by Crippen LogP contribution is 2.33. The van der Waals surface area contributed by atoms with Gasteiger partial charge in [-0.3, -0.25) is 14.5 Å². The van der Waals surface area contributed by atoms with Crippen molar-refractivity contribution in [3.63, 3.8) is 0 Å². The quantitative estimate of drug-likeness (QED) is 0.811. The minimum absolute atomic E-state index is 0.0818. The number of carbonyl (C=O) groups is 3. The fourth-order valence-corrected chi connectivity index (χ4v) is 2.88. The molecule has 7 heteroatoms. The second-order valence-electron chi connectivity index (χ2n) is 6.25. The molecule has 1 aliphatic heterocycles. The van der Waals surface area contributed by atoms with E-state index in [0.717, 1.165) is 5.56 Å². The van der Waals surface area contributed by atoms with Crippen molar-refractivity contribution in [3.05, 3.63) is 59.7 Å². The molecule has 0 aromatic heterocycles. The zero-order valence-corrected chi connectivity index (χ0v) is 14.8. The molecule has 0 bridgehead atoms. The van der Waals surface area contributed by atoms with Crippen molar-refractivity contribution in [1.82, 2.24) is 5.32 Å². The van der Waals surface area contributed by atoms with E-state index in [0.29, 0.717) is 24.4 Å². The molecule has 2 aromatic carbocycles. The van der Waals surface area contributed by atoms with E-state index < -0.39 is 12.1 Å². The van der Waals surface area contributed by atoms with E-state index in [4.69, 9.17) is 9.84 Å². The van der Waals surface area contributed by atoms with Crippen LogP contribution in [0.3, 0.4) is 0 Å². The Morgan fingerprint density at radius 2 is 1.85 bits per heavy atom. The number of fused-ring (bicyclic) bond motifs is 1. The van der Waals surface area contributed by atoms with Gasteiger partial charge >= 0.3 is 5.97 Å². The summed E-state index contributed by atoms with van der Waals surface area (Å²) in [6, 6.07) is 13.6. The van der Waals surface area contributed by atoms with Crippen LogP contribution in [0.1, 0.15) is 22.8 Å². The van der Waals surface area contributed by atoms with Crippen LogP contribution in [0.25, 0.3) is 0 Å². The summed E-state index contributed by atoms with van der Waals surface area (Å²) in [5.74, 6) is -0.919.